The maximum atomic E-state index is 10.7. The highest BCUT2D eigenvalue weighted by molar-refractivity contribution is 5.92. The molecule has 0 aromatic heterocycles. The molecule has 0 aromatic carbocycles. The molecule has 1 aliphatic carbocycles. The zero-order chi connectivity index (χ0) is 8.01. The van der Waals surface area contributed by atoms with E-state index in [1.807, 2.05) is 0 Å². The summed E-state index contributed by atoms with van der Waals surface area (Å²) in [5, 5.41) is 9.23. The third-order valence-corrected chi connectivity index (χ3v) is 2.07. The SMILES string of the molecule is NC(=O)C1=C[C@H](O)[C@H]2O[C@H]2C1. The number of carbonyl (C=O) groups is 1. The van der Waals surface area contributed by atoms with Crippen LogP contribution in [0.2, 0.25) is 0 Å². The van der Waals surface area contributed by atoms with Gasteiger partial charge in [0.1, 0.15) is 12.2 Å². The lowest BCUT2D eigenvalue weighted by molar-refractivity contribution is -0.114. The predicted molar refractivity (Wildman–Crippen MR) is 36.6 cm³/mol. The van der Waals surface area contributed by atoms with Crippen LogP contribution in [-0.2, 0) is 9.53 Å². The lowest BCUT2D eigenvalue weighted by Gasteiger charge is -2.09. The second kappa shape index (κ2) is 2.06. The Morgan fingerprint density at radius 1 is 1.82 bits per heavy atom. The van der Waals surface area contributed by atoms with Crippen LogP contribution in [0.5, 0.6) is 0 Å². The smallest absolute Gasteiger partial charge is 0.244 e. The van der Waals surface area contributed by atoms with E-state index < -0.39 is 12.0 Å². The highest BCUT2D eigenvalue weighted by atomic mass is 16.6. The van der Waals surface area contributed by atoms with Crippen LogP contribution >= 0.6 is 0 Å². The molecular formula is C7H9NO3. The van der Waals surface area contributed by atoms with Gasteiger partial charge in [-0.05, 0) is 6.08 Å². The molecule has 4 heteroatoms. The maximum absolute atomic E-state index is 10.7. The Morgan fingerprint density at radius 3 is 3.09 bits per heavy atom. The first kappa shape index (κ1) is 6.82. The number of primary amides is 1. The monoisotopic (exact) mass is 155 g/mol. The van der Waals surface area contributed by atoms with Gasteiger partial charge in [0.05, 0.1) is 6.10 Å². The molecule has 0 spiro atoms. The number of amides is 1. The highest BCUT2D eigenvalue weighted by Gasteiger charge is 2.47. The van der Waals surface area contributed by atoms with Gasteiger partial charge in [0.25, 0.3) is 0 Å². The quantitative estimate of drug-likeness (QED) is 0.473. The fraction of sp³-hybridized carbons (Fsp3) is 0.571. The van der Waals surface area contributed by atoms with Gasteiger partial charge < -0.3 is 15.6 Å². The molecule has 3 N–H and O–H groups in total. The van der Waals surface area contributed by atoms with E-state index in [4.69, 9.17) is 10.5 Å². The number of aliphatic hydroxyl groups is 1. The summed E-state index contributed by atoms with van der Waals surface area (Å²) < 4.78 is 5.06. The van der Waals surface area contributed by atoms with E-state index in [-0.39, 0.29) is 12.2 Å². The number of fused-ring (bicyclic) bond motifs is 1. The Balaban J connectivity index is 2.17. The molecule has 0 saturated carbocycles. The predicted octanol–water partition coefficient (Wildman–Crippen LogP) is -1.07. The second-order valence-electron chi connectivity index (χ2n) is 2.89. The first-order valence-electron chi connectivity index (χ1n) is 3.52. The maximum Gasteiger partial charge on any atom is 0.244 e. The van der Waals surface area contributed by atoms with Crippen molar-refractivity contribution < 1.29 is 14.6 Å². The number of aliphatic hydroxyl groups excluding tert-OH is 1. The van der Waals surface area contributed by atoms with Crippen LogP contribution in [0.4, 0.5) is 0 Å². The molecule has 1 aliphatic heterocycles. The molecule has 0 bridgehead atoms. The Morgan fingerprint density at radius 2 is 2.55 bits per heavy atom. The summed E-state index contributed by atoms with van der Waals surface area (Å²) in [7, 11) is 0. The summed E-state index contributed by atoms with van der Waals surface area (Å²) in [5.41, 5.74) is 5.52. The first-order valence-corrected chi connectivity index (χ1v) is 3.52. The number of epoxide rings is 1. The molecule has 1 heterocycles. The lowest BCUT2D eigenvalue weighted by atomic mass is 9.97. The fourth-order valence-electron chi connectivity index (χ4n) is 1.39. The van der Waals surface area contributed by atoms with Crippen LogP contribution < -0.4 is 5.73 Å². The van der Waals surface area contributed by atoms with Crippen molar-refractivity contribution in [3.63, 3.8) is 0 Å². The number of nitrogens with two attached hydrogens (primary N) is 1. The van der Waals surface area contributed by atoms with E-state index in [0.29, 0.717) is 12.0 Å². The fourth-order valence-corrected chi connectivity index (χ4v) is 1.39. The minimum Gasteiger partial charge on any atom is -0.386 e. The van der Waals surface area contributed by atoms with Gasteiger partial charge in [0, 0.05) is 12.0 Å². The number of ether oxygens (including phenoxy) is 1. The molecule has 1 fully saturated rings. The molecule has 60 valence electrons. The van der Waals surface area contributed by atoms with Crippen molar-refractivity contribution in [3.05, 3.63) is 11.6 Å². The van der Waals surface area contributed by atoms with Gasteiger partial charge in [-0.3, -0.25) is 4.79 Å². The van der Waals surface area contributed by atoms with E-state index in [0.717, 1.165) is 0 Å². The normalized spacial score (nSPS) is 40.8. The summed E-state index contributed by atoms with van der Waals surface area (Å²) in [6.45, 7) is 0. The van der Waals surface area contributed by atoms with Crippen molar-refractivity contribution in [3.8, 4) is 0 Å². The molecule has 0 unspecified atom stereocenters. The second-order valence-corrected chi connectivity index (χ2v) is 2.89. The van der Waals surface area contributed by atoms with E-state index in [1.54, 1.807) is 0 Å². The van der Waals surface area contributed by atoms with E-state index >= 15 is 0 Å². The largest absolute Gasteiger partial charge is 0.386 e. The third-order valence-electron chi connectivity index (χ3n) is 2.07. The zero-order valence-corrected chi connectivity index (χ0v) is 5.86. The molecule has 11 heavy (non-hydrogen) atoms. The Labute approximate surface area is 63.6 Å². The van der Waals surface area contributed by atoms with Crippen LogP contribution in [0.3, 0.4) is 0 Å². The van der Waals surface area contributed by atoms with Crippen molar-refractivity contribution in [2.24, 2.45) is 5.73 Å². The summed E-state index contributed by atoms with van der Waals surface area (Å²) in [6.07, 6.45) is 1.33. The number of hydrogen-bond donors (Lipinski definition) is 2. The van der Waals surface area contributed by atoms with Crippen LogP contribution in [0.25, 0.3) is 0 Å². The topological polar surface area (TPSA) is 75.9 Å². The summed E-state index contributed by atoms with van der Waals surface area (Å²) in [5.74, 6) is -0.460. The van der Waals surface area contributed by atoms with Crippen molar-refractivity contribution >= 4 is 5.91 Å². The number of carbonyl (C=O) groups excluding carboxylic acids is 1. The van der Waals surface area contributed by atoms with Gasteiger partial charge in [-0.2, -0.15) is 0 Å². The molecule has 2 rings (SSSR count). The van der Waals surface area contributed by atoms with Gasteiger partial charge in [-0.25, -0.2) is 0 Å². The van der Waals surface area contributed by atoms with Gasteiger partial charge in [-0.1, -0.05) is 0 Å². The standard InChI is InChI=1S/C7H9NO3/c8-7(10)3-1-4(9)6-5(2-3)11-6/h1,4-6,9H,2H2,(H2,8,10)/t4-,5-,6+/m0/s1. The van der Waals surface area contributed by atoms with Crippen LogP contribution in [0.15, 0.2) is 11.6 Å². The lowest BCUT2D eigenvalue weighted by Crippen LogP contribution is -2.25. The summed E-state index contributed by atoms with van der Waals surface area (Å²) >= 11 is 0. The van der Waals surface area contributed by atoms with Crippen molar-refractivity contribution in [1.29, 1.82) is 0 Å². The molecule has 2 aliphatic rings. The number of hydrogen-bond acceptors (Lipinski definition) is 3. The Hall–Kier alpha value is -0.870. The molecule has 4 nitrogen and oxygen atoms in total. The molecule has 0 aromatic rings. The van der Waals surface area contributed by atoms with Crippen molar-refractivity contribution in [1.82, 2.24) is 0 Å². The van der Waals surface area contributed by atoms with Gasteiger partial charge in [-0.15, -0.1) is 0 Å². The Kier molecular flexibility index (Phi) is 1.27. The minimum absolute atomic E-state index is 0.0255. The average Bonchev–Trinajstić information content (AvgIpc) is 2.66. The van der Waals surface area contributed by atoms with Gasteiger partial charge in [0.15, 0.2) is 0 Å². The average molecular weight is 155 g/mol. The number of rotatable bonds is 1. The van der Waals surface area contributed by atoms with E-state index in [1.165, 1.54) is 6.08 Å². The molecule has 1 saturated heterocycles. The van der Waals surface area contributed by atoms with Crippen LogP contribution in [-0.4, -0.2) is 29.3 Å². The van der Waals surface area contributed by atoms with Crippen LogP contribution in [0.1, 0.15) is 6.42 Å². The van der Waals surface area contributed by atoms with Gasteiger partial charge >= 0.3 is 0 Å². The van der Waals surface area contributed by atoms with Gasteiger partial charge in [0.2, 0.25) is 5.91 Å². The molecule has 3 atom stereocenters. The van der Waals surface area contributed by atoms with Crippen LogP contribution in [0, 0.1) is 0 Å². The van der Waals surface area contributed by atoms with Crippen molar-refractivity contribution in [2.75, 3.05) is 0 Å². The molecule has 1 amide bonds. The zero-order valence-electron chi connectivity index (χ0n) is 5.86. The summed E-state index contributed by atoms with van der Waals surface area (Å²) in [6, 6.07) is 0. The van der Waals surface area contributed by atoms with Crippen molar-refractivity contribution in [2.45, 2.75) is 24.7 Å². The molecular weight excluding hydrogens is 146 g/mol. The Bertz CT molecular complexity index is 236. The van der Waals surface area contributed by atoms with E-state index in [2.05, 4.69) is 0 Å². The molecule has 0 radical (unpaired) electrons. The van der Waals surface area contributed by atoms with E-state index in [9.17, 15) is 9.90 Å². The summed E-state index contributed by atoms with van der Waals surface area (Å²) in [4.78, 5) is 10.7. The first-order chi connectivity index (χ1) is 5.18. The highest BCUT2D eigenvalue weighted by Crippen LogP contribution is 2.35. The third kappa shape index (κ3) is 1.04. The minimum atomic E-state index is -0.642.